The zero-order valence-corrected chi connectivity index (χ0v) is 8.10. The Balaban J connectivity index is 2.01. The fraction of sp³-hybridized carbons (Fsp3) is 0.667. The third-order valence-electron chi connectivity index (χ3n) is 3.00. The van der Waals surface area contributed by atoms with Crippen molar-refractivity contribution >= 4 is 17.8 Å². The standard InChI is InChI=1S/C9H12N2O4/c12-7-3-11(4-8(13)10-7)6-2-1-5(6)9(14)15/h5-6H,1-4H2,(H,14,15)(H,10,12,13). The van der Waals surface area contributed by atoms with Gasteiger partial charge in [-0.25, -0.2) is 0 Å². The number of carbonyl (C=O) groups is 3. The smallest absolute Gasteiger partial charge is 0.308 e. The Morgan fingerprint density at radius 3 is 2.27 bits per heavy atom. The van der Waals surface area contributed by atoms with E-state index in [1.807, 2.05) is 0 Å². The molecule has 2 aliphatic rings. The first-order valence-corrected chi connectivity index (χ1v) is 4.87. The first-order valence-electron chi connectivity index (χ1n) is 4.87. The van der Waals surface area contributed by atoms with E-state index in [-0.39, 0.29) is 30.9 Å². The zero-order valence-electron chi connectivity index (χ0n) is 8.10. The molecule has 2 amide bonds. The normalized spacial score (nSPS) is 32.0. The Bertz CT molecular complexity index is 312. The second kappa shape index (κ2) is 3.62. The number of carboxylic acid groups (broad SMARTS) is 1. The van der Waals surface area contributed by atoms with Crippen molar-refractivity contribution in [2.75, 3.05) is 13.1 Å². The molecular weight excluding hydrogens is 200 g/mol. The third kappa shape index (κ3) is 1.85. The topological polar surface area (TPSA) is 86.7 Å². The predicted octanol–water partition coefficient (Wildman–Crippen LogP) is -1.19. The Labute approximate surface area is 86.2 Å². The molecule has 2 N–H and O–H groups in total. The molecule has 15 heavy (non-hydrogen) atoms. The monoisotopic (exact) mass is 212 g/mol. The molecule has 6 heteroatoms. The lowest BCUT2D eigenvalue weighted by molar-refractivity contribution is -0.153. The number of nitrogens with zero attached hydrogens (tertiary/aromatic N) is 1. The lowest BCUT2D eigenvalue weighted by atomic mass is 9.78. The Kier molecular flexibility index (Phi) is 2.44. The summed E-state index contributed by atoms with van der Waals surface area (Å²) in [7, 11) is 0. The van der Waals surface area contributed by atoms with Gasteiger partial charge in [0.15, 0.2) is 0 Å². The van der Waals surface area contributed by atoms with Crippen LogP contribution in [0, 0.1) is 5.92 Å². The summed E-state index contributed by atoms with van der Waals surface area (Å²) in [6.45, 7) is 0.250. The molecule has 2 fully saturated rings. The molecule has 2 atom stereocenters. The van der Waals surface area contributed by atoms with Gasteiger partial charge >= 0.3 is 5.97 Å². The van der Waals surface area contributed by atoms with Gasteiger partial charge in [0.2, 0.25) is 11.8 Å². The van der Waals surface area contributed by atoms with Crippen molar-refractivity contribution in [3.05, 3.63) is 0 Å². The van der Waals surface area contributed by atoms with Gasteiger partial charge in [0.25, 0.3) is 0 Å². The van der Waals surface area contributed by atoms with Gasteiger partial charge in [-0.2, -0.15) is 0 Å². The van der Waals surface area contributed by atoms with Crippen molar-refractivity contribution in [1.82, 2.24) is 10.2 Å². The number of amides is 2. The van der Waals surface area contributed by atoms with Crippen LogP contribution in [0.15, 0.2) is 0 Å². The SMILES string of the molecule is O=C1CN(C2CCC2C(=O)O)CC(=O)N1. The van der Waals surface area contributed by atoms with Crippen LogP contribution in [0.2, 0.25) is 0 Å². The van der Waals surface area contributed by atoms with Crippen molar-refractivity contribution in [3.8, 4) is 0 Å². The third-order valence-corrected chi connectivity index (χ3v) is 3.00. The van der Waals surface area contributed by atoms with Crippen molar-refractivity contribution in [3.63, 3.8) is 0 Å². The number of carbonyl (C=O) groups excluding carboxylic acids is 2. The number of piperazine rings is 1. The summed E-state index contributed by atoms with van der Waals surface area (Å²) in [5.41, 5.74) is 0. The summed E-state index contributed by atoms with van der Waals surface area (Å²) in [6.07, 6.45) is 1.38. The van der Waals surface area contributed by atoms with Crippen LogP contribution in [-0.4, -0.2) is 46.9 Å². The van der Waals surface area contributed by atoms with Crippen LogP contribution in [-0.2, 0) is 14.4 Å². The minimum Gasteiger partial charge on any atom is -0.481 e. The van der Waals surface area contributed by atoms with E-state index in [1.54, 1.807) is 4.90 Å². The van der Waals surface area contributed by atoms with E-state index in [4.69, 9.17) is 5.11 Å². The van der Waals surface area contributed by atoms with Gasteiger partial charge in [-0.3, -0.25) is 24.6 Å². The summed E-state index contributed by atoms with van der Waals surface area (Å²) < 4.78 is 0. The summed E-state index contributed by atoms with van der Waals surface area (Å²) in [5.74, 6) is -1.96. The number of hydrogen-bond donors (Lipinski definition) is 2. The highest BCUT2D eigenvalue weighted by atomic mass is 16.4. The molecule has 6 nitrogen and oxygen atoms in total. The second-order valence-corrected chi connectivity index (χ2v) is 3.97. The molecule has 1 aliphatic heterocycles. The van der Waals surface area contributed by atoms with Crippen LogP contribution in [0.25, 0.3) is 0 Å². The van der Waals surface area contributed by atoms with Crippen LogP contribution in [0.5, 0.6) is 0 Å². The first-order chi connectivity index (χ1) is 7.08. The second-order valence-electron chi connectivity index (χ2n) is 3.97. The molecule has 82 valence electrons. The van der Waals surface area contributed by atoms with E-state index in [9.17, 15) is 14.4 Å². The molecule has 0 aromatic carbocycles. The molecule has 0 aromatic heterocycles. The van der Waals surface area contributed by atoms with Crippen LogP contribution in [0.3, 0.4) is 0 Å². The van der Waals surface area contributed by atoms with Gasteiger partial charge in [0, 0.05) is 6.04 Å². The number of rotatable bonds is 2. The van der Waals surface area contributed by atoms with Crippen LogP contribution >= 0.6 is 0 Å². The van der Waals surface area contributed by atoms with Gasteiger partial charge in [0.1, 0.15) is 0 Å². The van der Waals surface area contributed by atoms with Crippen molar-refractivity contribution in [2.45, 2.75) is 18.9 Å². The van der Waals surface area contributed by atoms with Crippen molar-refractivity contribution in [1.29, 1.82) is 0 Å². The first kappa shape index (κ1) is 10.1. The fourth-order valence-electron chi connectivity index (χ4n) is 2.10. The molecule has 2 rings (SSSR count). The summed E-state index contributed by atoms with van der Waals surface area (Å²) in [6, 6.07) is -0.155. The molecule has 1 heterocycles. The van der Waals surface area contributed by atoms with E-state index in [0.29, 0.717) is 6.42 Å². The maximum atomic E-state index is 11.1. The molecule has 0 spiro atoms. The largest absolute Gasteiger partial charge is 0.481 e. The lowest BCUT2D eigenvalue weighted by Crippen LogP contribution is -2.59. The molecule has 0 aromatic rings. The van der Waals surface area contributed by atoms with E-state index in [2.05, 4.69) is 5.32 Å². The van der Waals surface area contributed by atoms with Crippen molar-refractivity contribution in [2.24, 2.45) is 5.92 Å². The lowest BCUT2D eigenvalue weighted by Gasteiger charge is -2.42. The van der Waals surface area contributed by atoms with Gasteiger partial charge in [0.05, 0.1) is 19.0 Å². The average Bonchev–Trinajstić information content (AvgIpc) is 1.97. The quantitative estimate of drug-likeness (QED) is 0.562. The highest BCUT2D eigenvalue weighted by molar-refractivity contribution is 5.99. The highest BCUT2D eigenvalue weighted by Gasteiger charge is 2.42. The zero-order chi connectivity index (χ0) is 11.0. The highest BCUT2D eigenvalue weighted by Crippen LogP contribution is 2.32. The van der Waals surface area contributed by atoms with E-state index in [0.717, 1.165) is 6.42 Å². The van der Waals surface area contributed by atoms with Gasteiger partial charge < -0.3 is 5.11 Å². The number of aliphatic carboxylic acids is 1. The fourth-order valence-corrected chi connectivity index (χ4v) is 2.10. The molecule has 1 aliphatic carbocycles. The summed E-state index contributed by atoms with van der Waals surface area (Å²) in [4.78, 5) is 34.6. The Morgan fingerprint density at radius 1 is 1.27 bits per heavy atom. The molecular formula is C9H12N2O4. The summed E-state index contributed by atoms with van der Waals surface area (Å²) in [5, 5.41) is 11.0. The van der Waals surface area contributed by atoms with Gasteiger partial charge in [-0.15, -0.1) is 0 Å². The maximum Gasteiger partial charge on any atom is 0.308 e. The van der Waals surface area contributed by atoms with E-state index < -0.39 is 11.9 Å². The molecule has 2 unspecified atom stereocenters. The predicted molar refractivity (Wildman–Crippen MR) is 48.9 cm³/mol. The average molecular weight is 212 g/mol. The van der Waals surface area contributed by atoms with Crippen LogP contribution < -0.4 is 5.32 Å². The van der Waals surface area contributed by atoms with E-state index in [1.165, 1.54) is 0 Å². The maximum absolute atomic E-state index is 11.1. The Morgan fingerprint density at radius 2 is 1.87 bits per heavy atom. The number of nitrogens with one attached hydrogen (secondary N) is 1. The molecule has 1 saturated heterocycles. The minimum absolute atomic E-state index is 0.125. The van der Waals surface area contributed by atoms with Gasteiger partial charge in [-0.1, -0.05) is 0 Å². The molecule has 0 bridgehead atoms. The Hall–Kier alpha value is -1.43. The van der Waals surface area contributed by atoms with Gasteiger partial charge in [-0.05, 0) is 12.8 Å². The summed E-state index contributed by atoms with van der Waals surface area (Å²) >= 11 is 0. The number of hydrogen-bond acceptors (Lipinski definition) is 4. The van der Waals surface area contributed by atoms with Crippen LogP contribution in [0.1, 0.15) is 12.8 Å². The van der Waals surface area contributed by atoms with E-state index >= 15 is 0 Å². The van der Waals surface area contributed by atoms with Crippen LogP contribution in [0.4, 0.5) is 0 Å². The number of carboxylic acids is 1. The molecule has 0 radical (unpaired) electrons. The van der Waals surface area contributed by atoms with Crippen molar-refractivity contribution < 1.29 is 19.5 Å². The minimum atomic E-state index is -0.843. The number of imide groups is 1. The molecule has 1 saturated carbocycles.